The van der Waals surface area contributed by atoms with E-state index in [0.717, 1.165) is 47.0 Å². The van der Waals surface area contributed by atoms with Crippen molar-refractivity contribution in [1.29, 1.82) is 0 Å². The first-order valence-corrected chi connectivity index (χ1v) is 13.5. The van der Waals surface area contributed by atoms with Crippen molar-refractivity contribution in [1.82, 2.24) is 9.97 Å². The quantitative estimate of drug-likeness (QED) is 0.272. The van der Waals surface area contributed by atoms with Crippen LogP contribution >= 0.6 is 0 Å². The van der Waals surface area contributed by atoms with Gasteiger partial charge >= 0.3 is 0 Å². The van der Waals surface area contributed by atoms with Gasteiger partial charge in [0, 0.05) is 41.7 Å². The molecule has 11 heteroatoms. The number of anilines is 1. The highest BCUT2D eigenvalue weighted by atomic mass is 32.2. The van der Waals surface area contributed by atoms with Crippen LogP contribution in [0.3, 0.4) is 0 Å². The number of nitrogens with zero attached hydrogens (tertiary/aromatic N) is 1. The first-order chi connectivity index (χ1) is 19.1. The zero-order valence-electron chi connectivity index (χ0n) is 20.5. The molecule has 5 aromatic rings. The number of carbonyl (C=O) groups is 2. The van der Waals surface area contributed by atoms with Crippen LogP contribution in [0, 0.1) is 17.5 Å². The molecule has 0 radical (unpaired) electrons. The number of aromatic nitrogens is 2. The number of ketones is 2. The van der Waals surface area contributed by atoms with Crippen molar-refractivity contribution < 1.29 is 31.2 Å². The Balaban J connectivity index is 1.38. The third kappa shape index (κ3) is 4.43. The van der Waals surface area contributed by atoms with Crippen molar-refractivity contribution in [3.63, 3.8) is 0 Å². The SMILES string of the molecule is O=C1Cc2ccc(-c3cnc4[nH]cc(C(=O)c5c(F)ccc(NS(=O)(=O)c6cccc(F)c6)c5F)c4c3)cc2C1. The Bertz CT molecular complexity index is 1990. The minimum absolute atomic E-state index is 0.0800. The largest absolute Gasteiger partial charge is 0.345 e. The van der Waals surface area contributed by atoms with Gasteiger partial charge in [0.1, 0.15) is 23.1 Å². The molecule has 1 aliphatic carbocycles. The molecule has 200 valence electrons. The zero-order valence-corrected chi connectivity index (χ0v) is 21.3. The van der Waals surface area contributed by atoms with E-state index in [9.17, 15) is 26.8 Å². The predicted molar refractivity (Wildman–Crippen MR) is 141 cm³/mol. The van der Waals surface area contributed by atoms with E-state index in [-0.39, 0.29) is 11.3 Å². The number of benzene rings is 3. The number of halogens is 3. The number of rotatable bonds is 6. The Morgan fingerprint density at radius 2 is 1.73 bits per heavy atom. The second-order valence-corrected chi connectivity index (χ2v) is 11.1. The number of hydrogen-bond donors (Lipinski definition) is 2. The van der Waals surface area contributed by atoms with Gasteiger partial charge in [0.15, 0.2) is 5.82 Å². The van der Waals surface area contributed by atoms with Crippen molar-refractivity contribution in [3.8, 4) is 11.1 Å². The fraction of sp³-hybridized carbons (Fsp3) is 0.0690. The van der Waals surface area contributed by atoms with Gasteiger partial charge in [-0.15, -0.1) is 0 Å². The number of Topliss-reactive ketones (excluding diaryl/α,β-unsaturated/α-hetero) is 1. The van der Waals surface area contributed by atoms with Crippen LogP contribution < -0.4 is 4.72 Å². The number of fused-ring (bicyclic) bond motifs is 2. The van der Waals surface area contributed by atoms with Crippen LogP contribution in [-0.4, -0.2) is 30.0 Å². The van der Waals surface area contributed by atoms with Crippen molar-refractivity contribution in [2.75, 3.05) is 4.72 Å². The van der Waals surface area contributed by atoms with Crippen LogP contribution in [0.15, 0.2) is 78.0 Å². The summed E-state index contributed by atoms with van der Waals surface area (Å²) in [6.45, 7) is 0. The van der Waals surface area contributed by atoms with Crippen molar-refractivity contribution in [2.24, 2.45) is 0 Å². The molecule has 7 nitrogen and oxygen atoms in total. The van der Waals surface area contributed by atoms with Crippen molar-refractivity contribution >= 4 is 38.3 Å². The van der Waals surface area contributed by atoms with E-state index in [0.29, 0.717) is 29.4 Å². The maximum atomic E-state index is 15.5. The summed E-state index contributed by atoms with van der Waals surface area (Å²) >= 11 is 0. The molecule has 0 saturated heterocycles. The summed E-state index contributed by atoms with van der Waals surface area (Å²) < 4.78 is 71.2. The van der Waals surface area contributed by atoms with Gasteiger partial charge in [-0.1, -0.05) is 24.3 Å². The number of hydrogen-bond acceptors (Lipinski definition) is 5. The third-order valence-corrected chi connectivity index (χ3v) is 8.12. The molecule has 40 heavy (non-hydrogen) atoms. The minimum atomic E-state index is -4.45. The van der Waals surface area contributed by atoms with E-state index in [1.807, 2.05) is 22.9 Å². The van der Waals surface area contributed by atoms with E-state index in [4.69, 9.17) is 0 Å². The minimum Gasteiger partial charge on any atom is -0.345 e. The monoisotopic (exact) mass is 561 g/mol. The fourth-order valence-corrected chi connectivity index (χ4v) is 5.88. The van der Waals surface area contributed by atoms with Gasteiger partial charge in [0.2, 0.25) is 5.78 Å². The van der Waals surface area contributed by atoms with E-state index >= 15 is 4.39 Å². The molecule has 2 aromatic heterocycles. The molecule has 2 heterocycles. The summed E-state index contributed by atoms with van der Waals surface area (Å²) in [5.41, 5.74) is 1.82. The second-order valence-electron chi connectivity index (χ2n) is 9.37. The summed E-state index contributed by atoms with van der Waals surface area (Å²) in [5, 5.41) is 0.295. The molecule has 0 bridgehead atoms. The standard InChI is InChI=1S/C29H18F3N3O4S/c30-19-2-1-3-21(12-19)40(38,39)35-25-7-6-24(31)26(27(25)32)28(37)23-14-34-29-22(23)11-18(13-33-29)15-4-5-16-9-20(36)10-17(16)8-15/h1-8,11-14,35H,9-10H2,(H,33,34). The summed E-state index contributed by atoms with van der Waals surface area (Å²) in [6.07, 6.45) is 3.57. The summed E-state index contributed by atoms with van der Waals surface area (Å²) in [4.78, 5) is 31.9. The van der Waals surface area contributed by atoms with Gasteiger partial charge in [0.25, 0.3) is 10.0 Å². The van der Waals surface area contributed by atoms with Gasteiger partial charge in [-0.05, 0) is 53.1 Å². The normalized spacial score (nSPS) is 13.0. The topological polar surface area (TPSA) is 109 Å². The van der Waals surface area contributed by atoms with E-state index in [2.05, 4.69) is 9.97 Å². The maximum Gasteiger partial charge on any atom is 0.262 e. The smallest absolute Gasteiger partial charge is 0.262 e. The van der Waals surface area contributed by atoms with Crippen molar-refractivity contribution in [3.05, 3.63) is 113 Å². The molecule has 0 saturated carbocycles. The average Bonchev–Trinajstić information content (AvgIpc) is 3.52. The average molecular weight is 562 g/mol. The molecule has 6 rings (SSSR count). The highest BCUT2D eigenvalue weighted by Gasteiger charge is 2.27. The highest BCUT2D eigenvalue weighted by molar-refractivity contribution is 7.92. The molecule has 0 amide bonds. The van der Waals surface area contributed by atoms with Crippen molar-refractivity contribution in [2.45, 2.75) is 17.7 Å². The molecule has 0 aliphatic heterocycles. The summed E-state index contributed by atoms with van der Waals surface area (Å²) in [5.74, 6) is -4.35. The Morgan fingerprint density at radius 3 is 2.52 bits per heavy atom. The lowest BCUT2D eigenvalue weighted by molar-refractivity contribution is -0.117. The lowest BCUT2D eigenvalue weighted by Gasteiger charge is -2.12. The zero-order chi connectivity index (χ0) is 28.2. The molecular weight excluding hydrogens is 543 g/mol. The molecule has 1 aliphatic rings. The lowest BCUT2D eigenvalue weighted by atomic mass is 9.98. The van der Waals surface area contributed by atoms with E-state index < -0.39 is 49.4 Å². The molecular formula is C29H18F3N3O4S. The van der Waals surface area contributed by atoms with E-state index in [1.165, 1.54) is 12.3 Å². The number of H-pyrrole nitrogens is 1. The van der Waals surface area contributed by atoms with Gasteiger partial charge in [-0.25, -0.2) is 26.6 Å². The van der Waals surface area contributed by atoms with E-state index in [1.54, 1.807) is 12.3 Å². The van der Waals surface area contributed by atoms with Crippen LogP contribution in [0.5, 0.6) is 0 Å². The second kappa shape index (κ2) is 9.45. The Morgan fingerprint density at radius 1 is 0.925 bits per heavy atom. The Hall–Kier alpha value is -4.77. The number of pyridine rings is 1. The van der Waals surface area contributed by atoms with Gasteiger partial charge < -0.3 is 4.98 Å². The maximum absolute atomic E-state index is 15.5. The lowest BCUT2D eigenvalue weighted by Crippen LogP contribution is -2.16. The van der Waals surface area contributed by atoms with Crippen LogP contribution in [0.1, 0.15) is 27.0 Å². The molecule has 3 aromatic carbocycles. The number of nitrogens with one attached hydrogen (secondary N) is 2. The van der Waals surface area contributed by atoms with Gasteiger partial charge in [0.05, 0.1) is 16.1 Å². The predicted octanol–water partition coefficient (Wildman–Crippen LogP) is 5.35. The fourth-order valence-electron chi connectivity index (χ4n) is 4.79. The molecule has 0 atom stereocenters. The first-order valence-electron chi connectivity index (χ1n) is 12.0. The van der Waals surface area contributed by atoms with Crippen LogP contribution in [-0.2, 0) is 27.7 Å². The molecule has 2 N–H and O–H groups in total. The summed E-state index contributed by atoms with van der Waals surface area (Å²) in [7, 11) is -4.45. The number of carbonyl (C=O) groups excluding carboxylic acids is 2. The van der Waals surface area contributed by atoms with Crippen LogP contribution in [0.25, 0.3) is 22.2 Å². The Labute approximate surface area is 225 Å². The van der Waals surface area contributed by atoms with Crippen LogP contribution in [0.4, 0.5) is 18.9 Å². The van der Waals surface area contributed by atoms with Gasteiger partial charge in [-0.2, -0.15) is 0 Å². The Kier molecular flexibility index (Phi) is 6.03. The highest BCUT2D eigenvalue weighted by Crippen LogP contribution is 2.32. The molecule has 0 fully saturated rings. The number of sulfonamides is 1. The first kappa shape index (κ1) is 25.5. The third-order valence-electron chi connectivity index (χ3n) is 6.76. The van der Waals surface area contributed by atoms with Gasteiger partial charge in [-0.3, -0.25) is 14.3 Å². The molecule has 0 unspecified atom stereocenters. The number of aromatic amines is 1. The van der Waals surface area contributed by atoms with Crippen LogP contribution in [0.2, 0.25) is 0 Å². The molecule has 0 spiro atoms. The summed E-state index contributed by atoms with van der Waals surface area (Å²) in [6, 6.07) is 12.9.